The summed E-state index contributed by atoms with van der Waals surface area (Å²) in [5, 5.41) is 11.5. The molecule has 0 spiro atoms. The molecule has 0 saturated heterocycles. The zero-order chi connectivity index (χ0) is 28.1. The first kappa shape index (κ1) is 34.8. The van der Waals surface area contributed by atoms with Crippen LogP contribution in [0.2, 0.25) is 0 Å². The number of ketones is 3. The second-order valence-electron chi connectivity index (χ2n) is 9.64. The molecule has 214 valence electrons. The topological polar surface area (TPSA) is 155 Å². The minimum Gasteiger partial charge on any atom is -0.480 e. The largest absolute Gasteiger partial charge is 0.480 e. The van der Waals surface area contributed by atoms with Gasteiger partial charge in [0.25, 0.3) is 0 Å². The Bertz CT molecular complexity index is 702. The van der Waals surface area contributed by atoms with Crippen LogP contribution >= 0.6 is 0 Å². The third-order valence-corrected chi connectivity index (χ3v) is 5.23. The second kappa shape index (κ2) is 20.8. The number of hydrogen-bond donors (Lipinski definition) is 2. The zero-order valence-electron chi connectivity index (χ0n) is 22.8. The fourth-order valence-electron chi connectivity index (χ4n) is 2.81. The molecule has 0 fully saturated rings. The molecule has 0 unspecified atom stereocenters. The van der Waals surface area contributed by atoms with Gasteiger partial charge in [-0.3, -0.25) is 19.2 Å². The van der Waals surface area contributed by atoms with Gasteiger partial charge in [0.15, 0.2) is 11.6 Å². The number of carbonyl (C=O) groups is 5. The standard InChI is InChI=1S/C26H45NO10/c1-5-24(31)27-22(25(32)33)11-10-20(28)8-6-12-34-14-16-36-18-21(29)9-7-13-35-15-17-37-19-23(30)26(2,3)4/h22H,5-19H2,1-4H3,(H,27,31)(H,32,33)/t22-/m0/s1. The average Bonchev–Trinajstić information content (AvgIpc) is 2.83. The summed E-state index contributed by atoms with van der Waals surface area (Å²) >= 11 is 0. The van der Waals surface area contributed by atoms with E-state index in [9.17, 15) is 24.0 Å². The van der Waals surface area contributed by atoms with Gasteiger partial charge in [0.1, 0.15) is 25.0 Å². The van der Waals surface area contributed by atoms with E-state index in [1.165, 1.54) is 0 Å². The van der Waals surface area contributed by atoms with Gasteiger partial charge >= 0.3 is 5.97 Å². The molecular weight excluding hydrogens is 486 g/mol. The van der Waals surface area contributed by atoms with Crippen molar-refractivity contribution in [2.24, 2.45) is 5.41 Å². The zero-order valence-corrected chi connectivity index (χ0v) is 22.8. The number of nitrogens with one attached hydrogen (secondary N) is 1. The number of rotatable bonds is 24. The highest BCUT2D eigenvalue weighted by atomic mass is 16.5. The summed E-state index contributed by atoms with van der Waals surface area (Å²) in [7, 11) is 0. The maximum Gasteiger partial charge on any atom is 0.326 e. The van der Waals surface area contributed by atoms with Crippen molar-refractivity contribution in [2.75, 3.05) is 52.9 Å². The molecule has 0 aliphatic rings. The molecule has 2 N–H and O–H groups in total. The number of amides is 1. The molecule has 0 rings (SSSR count). The van der Waals surface area contributed by atoms with Crippen molar-refractivity contribution in [3.63, 3.8) is 0 Å². The van der Waals surface area contributed by atoms with E-state index >= 15 is 0 Å². The Balaban J connectivity index is 3.58. The highest BCUT2D eigenvalue weighted by Gasteiger charge is 2.21. The number of ether oxygens (including phenoxy) is 4. The minimum atomic E-state index is -1.16. The molecular formula is C26H45NO10. The maximum absolute atomic E-state index is 11.9. The molecule has 0 heterocycles. The normalized spacial score (nSPS) is 12.2. The first-order valence-corrected chi connectivity index (χ1v) is 12.9. The van der Waals surface area contributed by atoms with Gasteiger partial charge < -0.3 is 29.4 Å². The first-order valence-electron chi connectivity index (χ1n) is 12.9. The highest BCUT2D eigenvalue weighted by molar-refractivity contribution is 5.85. The number of aliphatic carboxylic acids is 1. The molecule has 0 aromatic rings. The van der Waals surface area contributed by atoms with E-state index in [4.69, 9.17) is 24.1 Å². The lowest BCUT2D eigenvalue weighted by atomic mass is 9.91. The molecule has 11 heteroatoms. The van der Waals surface area contributed by atoms with Crippen LogP contribution in [0.4, 0.5) is 0 Å². The summed E-state index contributed by atoms with van der Waals surface area (Å²) in [5.74, 6) is -1.60. The molecule has 0 aromatic heterocycles. The van der Waals surface area contributed by atoms with Crippen molar-refractivity contribution < 1.29 is 48.0 Å². The molecule has 0 aliphatic heterocycles. The fraction of sp³-hybridized carbons (Fsp3) is 0.808. The molecule has 11 nitrogen and oxygen atoms in total. The smallest absolute Gasteiger partial charge is 0.326 e. The third-order valence-electron chi connectivity index (χ3n) is 5.23. The summed E-state index contributed by atoms with van der Waals surface area (Å²) in [6.45, 7) is 9.26. The van der Waals surface area contributed by atoms with Crippen LogP contribution in [0.5, 0.6) is 0 Å². The van der Waals surface area contributed by atoms with Gasteiger partial charge in [0.05, 0.1) is 26.4 Å². The summed E-state index contributed by atoms with van der Waals surface area (Å²) in [6, 6.07) is -1.06. The average molecular weight is 532 g/mol. The SMILES string of the molecule is CCC(=O)N[C@@H](CCC(=O)CCCOCCOCC(=O)CCCOCCOCC(=O)C(C)(C)C)C(=O)O. The van der Waals surface area contributed by atoms with Crippen LogP contribution in [0.15, 0.2) is 0 Å². The van der Waals surface area contributed by atoms with Gasteiger partial charge in [-0.15, -0.1) is 0 Å². The van der Waals surface area contributed by atoms with Crippen molar-refractivity contribution in [3.8, 4) is 0 Å². The van der Waals surface area contributed by atoms with E-state index in [1.54, 1.807) is 6.92 Å². The quantitative estimate of drug-likeness (QED) is 0.177. The second-order valence-corrected chi connectivity index (χ2v) is 9.64. The van der Waals surface area contributed by atoms with Crippen LogP contribution in [0.3, 0.4) is 0 Å². The van der Waals surface area contributed by atoms with Crippen molar-refractivity contribution in [2.45, 2.75) is 78.7 Å². The molecule has 37 heavy (non-hydrogen) atoms. The number of carboxylic acid groups (broad SMARTS) is 1. The monoisotopic (exact) mass is 531 g/mol. The van der Waals surface area contributed by atoms with Crippen molar-refractivity contribution in [3.05, 3.63) is 0 Å². The van der Waals surface area contributed by atoms with Gasteiger partial charge in [0.2, 0.25) is 5.91 Å². The van der Waals surface area contributed by atoms with Gasteiger partial charge in [-0.05, 0) is 19.3 Å². The molecule has 0 saturated carbocycles. The fourth-order valence-corrected chi connectivity index (χ4v) is 2.81. The Hall–Kier alpha value is -2.21. The van der Waals surface area contributed by atoms with Crippen molar-refractivity contribution in [1.29, 1.82) is 0 Å². The minimum absolute atomic E-state index is 0.000808. The van der Waals surface area contributed by atoms with E-state index in [1.807, 2.05) is 20.8 Å². The number of carbonyl (C=O) groups excluding carboxylic acids is 4. The Morgan fingerprint density at radius 1 is 0.730 bits per heavy atom. The Labute approximate surface area is 219 Å². The number of Topliss-reactive ketones (excluding diaryl/α,β-unsaturated/α-hetero) is 3. The van der Waals surface area contributed by atoms with Gasteiger partial charge in [0, 0.05) is 44.3 Å². The number of carboxylic acids is 1. The molecule has 1 amide bonds. The Kier molecular flexibility index (Phi) is 19.6. The van der Waals surface area contributed by atoms with Crippen LogP contribution < -0.4 is 5.32 Å². The molecule has 0 aliphatic carbocycles. The molecule has 0 radical (unpaired) electrons. The molecule has 0 aromatic carbocycles. The summed E-state index contributed by atoms with van der Waals surface area (Å²) in [5.41, 5.74) is -0.414. The van der Waals surface area contributed by atoms with Gasteiger partial charge in [-0.25, -0.2) is 4.79 Å². The highest BCUT2D eigenvalue weighted by Crippen LogP contribution is 2.14. The first-order chi connectivity index (χ1) is 17.5. The molecule has 1 atom stereocenters. The van der Waals surface area contributed by atoms with E-state index in [2.05, 4.69) is 5.32 Å². The summed E-state index contributed by atoms with van der Waals surface area (Å²) < 4.78 is 21.3. The molecule has 0 bridgehead atoms. The van der Waals surface area contributed by atoms with E-state index in [-0.39, 0.29) is 68.8 Å². The summed E-state index contributed by atoms with van der Waals surface area (Å²) in [6.07, 6.45) is 1.99. The lowest BCUT2D eigenvalue weighted by Crippen LogP contribution is -2.40. The van der Waals surface area contributed by atoms with E-state index in [0.717, 1.165) is 0 Å². The Morgan fingerprint density at radius 2 is 1.24 bits per heavy atom. The number of hydrogen-bond acceptors (Lipinski definition) is 9. The Morgan fingerprint density at radius 3 is 1.76 bits per heavy atom. The predicted molar refractivity (Wildman–Crippen MR) is 135 cm³/mol. The van der Waals surface area contributed by atoms with Crippen LogP contribution in [0, 0.1) is 5.41 Å². The van der Waals surface area contributed by atoms with Crippen LogP contribution in [0.25, 0.3) is 0 Å². The van der Waals surface area contributed by atoms with E-state index < -0.39 is 17.4 Å². The third kappa shape index (κ3) is 20.5. The lowest BCUT2D eigenvalue weighted by molar-refractivity contribution is -0.142. The lowest BCUT2D eigenvalue weighted by Gasteiger charge is -2.16. The van der Waals surface area contributed by atoms with Crippen LogP contribution in [-0.2, 0) is 42.9 Å². The van der Waals surface area contributed by atoms with E-state index in [0.29, 0.717) is 52.3 Å². The summed E-state index contributed by atoms with van der Waals surface area (Å²) in [4.78, 5) is 57.9. The predicted octanol–water partition coefficient (Wildman–Crippen LogP) is 2.13. The van der Waals surface area contributed by atoms with Crippen molar-refractivity contribution >= 4 is 29.2 Å². The van der Waals surface area contributed by atoms with Gasteiger partial charge in [-0.2, -0.15) is 0 Å². The van der Waals surface area contributed by atoms with Crippen LogP contribution in [-0.4, -0.2) is 93.2 Å². The maximum atomic E-state index is 11.9. The van der Waals surface area contributed by atoms with Crippen LogP contribution in [0.1, 0.15) is 72.6 Å². The van der Waals surface area contributed by atoms with Crippen molar-refractivity contribution in [1.82, 2.24) is 5.32 Å². The van der Waals surface area contributed by atoms with Gasteiger partial charge in [-0.1, -0.05) is 27.7 Å².